The zero-order chi connectivity index (χ0) is 17.9. The highest BCUT2D eigenvalue weighted by molar-refractivity contribution is 6.31. The van der Waals surface area contributed by atoms with Crippen molar-refractivity contribution < 1.29 is 9.59 Å². The standard InChI is InChI=1S/C19H21ClN2O2/c1-12-5-8-18(14(3)9-12)22(15(4)23)11-19(24)21-17-10-16(20)7-6-13(17)2/h5-10H,11H2,1-4H3,(H,21,24). The Morgan fingerprint density at radius 3 is 2.38 bits per heavy atom. The molecule has 4 nitrogen and oxygen atoms in total. The first-order valence-electron chi connectivity index (χ1n) is 7.69. The number of carbonyl (C=O) groups is 2. The van der Waals surface area contributed by atoms with Crippen molar-refractivity contribution in [2.75, 3.05) is 16.8 Å². The summed E-state index contributed by atoms with van der Waals surface area (Å²) < 4.78 is 0. The number of benzene rings is 2. The lowest BCUT2D eigenvalue weighted by molar-refractivity contribution is -0.120. The molecule has 126 valence electrons. The van der Waals surface area contributed by atoms with Crippen molar-refractivity contribution in [3.05, 3.63) is 58.1 Å². The van der Waals surface area contributed by atoms with E-state index in [2.05, 4.69) is 5.32 Å². The quantitative estimate of drug-likeness (QED) is 0.901. The summed E-state index contributed by atoms with van der Waals surface area (Å²) in [4.78, 5) is 25.9. The Balaban J connectivity index is 2.20. The van der Waals surface area contributed by atoms with Crippen molar-refractivity contribution in [2.24, 2.45) is 0 Å². The molecule has 24 heavy (non-hydrogen) atoms. The zero-order valence-electron chi connectivity index (χ0n) is 14.3. The molecule has 5 heteroatoms. The predicted octanol–water partition coefficient (Wildman–Crippen LogP) is 4.26. The van der Waals surface area contributed by atoms with E-state index in [-0.39, 0.29) is 18.4 Å². The first-order chi connectivity index (χ1) is 11.3. The lowest BCUT2D eigenvalue weighted by atomic mass is 10.1. The van der Waals surface area contributed by atoms with E-state index in [9.17, 15) is 9.59 Å². The van der Waals surface area contributed by atoms with Gasteiger partial charge >= 0.3 is 0 Å². The van der Waals surface area contributed by atoms with Crippen LogP contribution in [0.3, 0.4) is 0 Å². The molecular formula is C19H21ClN2O2. The fourth-order valence-electron chi connectivity index (χ4n) is 2.54. The average Bonchev–Trinajstić information content (AvgIpc) is 2.49. The van der Waals surface area contributed by atoms with Crippen LogP contribution in [0.25, 0.3) is 0 Å². The minimum atomic E-state index is -0.268. The van der Waals surface area contributed by atoms with Crippen molar-refractivity contribution in [1.29, 1.82) is 0 Å². The van der Waals surface area contributed by atoms with E-state index in [1.807, 2.05) is 45.0 Å². The van der Waals surface area contributed by atoms with Crippen molar-refractivity contribution in [3.8, 4) is 0 Å². The second-order valence-corrected chi connectivity index (χ2v) is 6.34. The Kier molecular flexibility index (Phi) is 5.62. The molecule has 0 saturated carbocycles. The van der Waals surface area contributed by atoms with Crippen molar-refractivity contribution in [3.63, 3.8) is 0 Å². The lowest BCUT2D eigenvalue weighted by Gasteiger charge is -2.23. The largest absolute Gasteiger partial charge is 0.324 e. The van der Waals surface area contributed by atoms with Crippen molar-refractivity contribution in [1.82, 2.24) is 0 Å². The number of nitrogens with zero attached hydrogens (tertiary/aromatic N) is 1. The number of aryl methyl sites for hydroxylation is 3. The van der Waals surface area contributed by atoms with Crippen molar-refractivity contribution >= 4 is 34.8 Å². The SMILES string of the molecule is CC(=O)N(CC(=O)Nc1cc(Cl)ccc1C)c1ccc(C)cc1C. The van der Waals surface area contributed by atoms with Crippen LogP contribution >= 0.6 is 11.6 Å². The van der Waals surface area contributed by atoms with Crippen LogP contribution in [0.4, 0.5) is 11.4 Å². The number of hydrogen-bond donors (Lipinski definition) is 1. The van der Waals surface area contributed by atoms with Crippen LogP contribution < -0.4 is 10.2 Å². The summed E-state index contributed by atoms with van der Waals surface area (Å²) in [6, 6.07) is 11.1. The molecular weight excluding hydrogens is 324 g/mol. The second-order valence-electron chi connectivity index (χ2n) is 5.90. The molecule has 2 aromatic carbocycles. The number of carbonyl (C=O) groups excluding carboxylic acids is 2. The van der Waals surface area contributed by atoms with Crippen LogP contribution in [0.1, 0.15) is 23.6 Å². The molecule has 1 N–H and O–H groups in total. The summed E-state index contributed by atoms with van der Waals surface area (Å²) in [6.45, 7) is 7.21. The summed E-state index contributed by atoms with van der Waals surface area (Å²) in [5, 5.41) is 3.37. The Labute approximate surface area is 147 Å². The summed E-state index contributed by atoms with van der Waals surface area (Å²) in [7, 11) is 0. The molecule has 0 radical (unpaired) electrons. The molecule has 0 saturated heterocycles. The molecule has 0 spiro atoms. The third-order valence-corrected chi connectivity index (χ3v) is 4.03. The van der Waals surface area contributed by atoms with E-state index >= 15 is 0 Å². The summed E-state index contributed by atoms with van der Waals surface area (Å²) in [5.74, 6) is -0.449. The average molecular weight is 345 g/mol. The molecule has 0 aliphatic heterocycles. The highest BCUT2D eigenvalue weighted by Crippen LogP contribution is 2.23. The van der Waals surface area contributed by atoms with Crippen LogP contribution in [0.15, 0.2) is 36.4 Å². The minimum absolute atomic E-state index is 0.0504. The minimum Gasteiger partial charge on any atom is -0.324 e. The molecule has 0 fully saturated rings. The summed E-state index contributed by atoms with van der Waals surface area (Å²) in [6.07, 6.45) is 0. The maximum Gasteiger partial charge on any atom is 0.244 e. The Morgan fingerprint density at radius 1 is 1.04 bits per heavy atom. The van der Waals surface area contributed by atoms with Gasteiger partial charge in [0.2, 0.25) is 11.8 Å². The molecule has 0 atom stereocenters. The van der Waals surface area contributed by atoms with E-state index in [1.165, 1.54) is 11.8 Å². The topological polar surface area (TPSA) is 49.4 Å². The van der Waals surface area contributed by atoms with Gasteiger partial charge in [0.15, 0.2) is 0 Å². The van der Waals surface area contributed by atoms with E-state index in [4.69, 9.17) is 11.6 Å². The smallest absolute Gasteiger partial charge is 0.244 e. The Morgan fingerprint density at radius 2 is 1.75 bits per heavy atom. The third-order valence-electron chi connectivity index (χ3n) is 3.80. The van der Waals surface area contributed by atoms with E-state index in [0.29, 0.717) is 10.7 Å². The fraction of sp³-hybridized carbons (Fsp3) is 0.263. The van der Waals surface area contributed by atoms with E-state index in [1.54, 1.807) is 12.1 Å². The molecule has 0 bridgehead atoms. The van der Waals surface area contributed by atoms with Gasteiger partial charge in [0.1, 0.15) is 6.54 Å². The fourth-order valence-corrected chi connectivity index (χ4v) is 2.71. The maximum atomic E-state index is 12.4. The molecule has 0 aliphatic carbocycles. The van der Waals surface area contributed by atoms with Gasteiger partial charge in [0.25, 0.3) is 0 Å². The molecule has 0 aliphatic rings. The van der Waals surface area contributed by atoms with Crippen LogP contribution in [0.5, 0.6) is 0 Å². The first-order valence-corrected chi connectivity index (χ1v) is 8.07. The van der Waals surface area contributed by atoms with Gasteiger partial charge in [-0.15, -0.1) is 0 Å². The van der Waals surface area contributed by atoms with Gasteiger partial charge in [-0.2, -0.15) is 0 Å². The molecule has 2 rings (SSSR count). The third kappa shape index (κ3) is 4.36. The van der Waals surface area contributed by atoms with Gasteiger partial charge in [-0.3, -0.25) is 9.59 Å². The molecule has 0 unspecified atom stereocenters. The van der Waals surface area contributed by atoms with Crippen LogP contribution in [0.2, 0.25) is 5.02 Å². The molecule has 2 amide bonds. The van der Waals surface area contributed by atoms with Gasteiger partial charge in [-0.1, -0.05) is 35.4 Å². The second kappa shape index (κ2) is 7.49. The van der Waals surface area contributed by atoms with Crippen molar-refractivity contribution in [2.45, 2.75) is 27.7 Å². The lowest BCUT2D eigenvalue weighted by Crippen LogP contribution is -2.37. The van der Waals surface area contributed by atoms with Crippen LogP contribution in [-0.4, -0.2) is 18.4 Å². The van der Waals surface area contributed by atoms with Crippen LogP contribution in [-0.2, 0) is 9.59 Å². The van der Waals surface area contributed by atoms with Crippen LogP contribution in [0, 0.1) is 20.8 Å². The van der Waals surface area contributed by atoms with Gasteiger partial charge in [-0.25, -0.2) is 0 Å². The first kappa shape index (κ1) is 18.0. The Hall–Kier alpha value is -2.33. The predicted molar refractivity (Wildman–Crippen MR) is 98.8 cm³/mol. The van der Waals surface area contributed by atoms with E-state index < -0.39 is 0 Å². The Bertz CT molecular complexity index is 787. The van der Waals surface area contributed by atoms with E-state index in [0.717, 1.165) is 22.4 Å². The number of nitrogens with one attached hydrogen (secondary N) is 1. The van der Waals surface area contributed by atoms with Gasteiger partial charge in [0.05, 0.1) is 0 Å². The number of anilines is 2. The normalized spacial score (nSPS) is 10.4. The monoisotopic (exact) mass is 344 g/mol. The number of amides is 2. The number of hydrogen-bond acceptors (Lipinski definition) is 2. The molecule has 0 heterocycles. The summed E-state index contributed by atoms with van der Waals surface area (Å²) >= 11 is 5.97. The zero-order valence-corrected chi connectivity index (χ0v) is 15.1. The number of rotatable bonds is 4. The van der Waals surface area contributed by atoms with Gasteiger partial charge < -0.3 is 10.2 Å². The highest BCUT2D eigenvalue weighted by atomic mass is 35.5. The number of halogens is 1. The maximum absolute atomic E-state index is 12.4. The summed E-state index contributed by atoms with van der Waals surface area (Å²) in [5.41, 5.74) is 4.37. The van der Waals surface area contributed by atoms with Gasteiger partial charge in [0, 0.05) is 23.3 Å². The highest BCUT2D eigenvalue weighted by Gasteiger charge is 2.18. The molecule has 2 aromatic rings. The molecule has 0 aromatic heterocycles. The van der Waals surface area contributed by atoms with Gasteiger partial charge in [-0.05, 0) is 50.1 Å².